The minimum absolute atomic E-state index is 0.233. The molecule has 0 saturated carbocycles. The molecule has 0 bridgehead atoms. The number of pyridine rings is 1. The molecule has 10 heteroatoms. The van der Waals surface area contributed by atoms with Gasteiger partial charge in [0.15, 0.2) is 28.1 Å². The summed E-state index contributed by atoms with van der Waals surface area (Å²) >= 11 is 1.46. The van der Waals surface area contributed by atoms with Crippen LogP contribution in [-0.2, 0) is 6.54 Å². The molecule has 144 valence electrons. The van der Waals surface area contributed by atoms with Gasteiger partial charge in [-0.05, 0) is 24.5 Å². The van der Waals surface area contributed by atoms with Crippen molar-refractivity contribution in [1.29, 1.82) is 0 Å². The summed E-state index contributed by atoms with van der Waals surface area (Å²) in [4.78, 5) is 20.9. The van der Waals surface area contributed by atoms with Crippen molar-refractivity contribution in [3.63, 3.8) is 0 Å². The van der Waals surface area contributed by atoms with Gasteiger partial charge in [0.05, 0.1) is 11.9 Å². The van der Waals surface area contributed by atoms with Crippen LogP contribution in [0.4, 0.5) is 10.2 Å². The third-order valence-electron chi connectivity index (χ3n) is 4.55. The second-order valence-corrected chi connectivity index (χ2v) is 7.14. The topological polar surface area (TPSA) is 111 Å². The molecule has 0 saturated heterocycles. The number of thioether (sulfide) groups is 1. The Kier molecular flexibility index (Phi) is 4.13. The SMILES string of the molecule is CSc1nc2nc(-c3nn(Cc4ccccc4F)c4ncccc34)nc(N)c2[nH]1. The van der Waals surface area contributed by atoms with Crippen molar-refractivity contribution in [2.45, 2.75) is 11.7 Å². The predicted octanol–water partition coefficient (Wildman–Crippen LogP) is 3.26. The van der Waals surface area contributed by atoms with Crippen molar-refractivity contribution in [3.8, 4) is 11.5 Å². The predicted molar refractivity (Wildman–Crippen MR) is 110 cm³/mol. The molecule has 0 radical (unpaired) electrons. The monoisotopic (exact) mass is 406 g/mol. The van der Waals surface area contributed by atoms with Crippen LogP contribution in [0.5, 0.6) is 0 Å². The number of fused-ring (bicyclic) bond motifs is 2. The van der Waals surface area contributed by atoms with E-state index in [1.807, 2.05) is 18.4 Å². The number of hydrogen-bond acceptors (Lipinski definition) is 7. The molecule has 4 aromatic heterocycles. The van der Waals surface area contributed by atoms with Gasteiger partial charge in [0.25, 0.3) is 0 Å². The Morgan fingerprint density at radius 3 is 2.83 bits per heavy atom. The number of halogens is 1. The highest BCUT2D eigenvalue weighted by atomic mass is 32.2. The third-order valence-corrected chi connectivity index (χ3v) is 5.13. The maximum atomic E-state index is 14.2. The summed E-state index contributed by atoms with van der Waals surface area (Å²) in [6.07, 6.45) is 3.58. The minimum atomic E-state index is -0.295. The van der Waals surface area contributed by atoms with E-state index in [1.165, 1.54) is 17.8 Å². The Hall–Kier alpha value is -3.53. The summed E-state index contributed by atoms with van der Waals surface area (Å²) < 4.78 is 15.8. The first-order valence-corrected chi connectivity index (χ1v) is 9.99. The van der Waals surface area contributed by atoms with Crippen molar-refractivity contribution < 1.29 is 4.39 Å². The molecule has 0 spiro atoms. The Bertz CT molecular complexity index is 1360. The van der Waals surface area contributed by atoms with E-state index in [2.05, 4.69) is 30.0 Å². The highest BCUT2D eigenvalue weighted by Crippen LogP contribution is 2.28. The lowest BCUT2D eigenvalue weighted by Gasteiger charge is -2.04. The molecule has 0 aliphatic heterocycles. The molecule has 0 fully saturated rings. The van der Waals surface area contributed by atoms with E-state index in [0.717, 1.165) is 5.39 Å². The van der Waals surface area contributed by atoms with Crippen LogP contribution >= 0.6 is 11.8 Å². The number of nitrogens with zero attached hydrogens (tertiary/aromatic N) is 6. The first-order valence-electron chi connectivity index (χ1n) is 8.76. The van der Waals surface area contributed by atoms with Gasteiger partial charge in [-0.3, -0.25) is 0 Å². The van der Waals surface area contributed by atoms with Crippen LogP contribution in [0.25, 0.3) is 33.7 Å². The third kappa shape index (κ3) is 2.97. The highest BCUT2D eigenvalue weighted by molar-refractivity contribution is 7.98. The molecule has 29 heavy (non-hydrogen) atoms. The molecule has 4 heterocycles. The van der Waals surface area contributed by atoms with E-state index in [9.17, 15) is 4.39 Å². The maximum Gasteiger partial charge on any atom is 0.185 e. The quantitative estimate of drug-likeness (QED) is 0.441. The maximum absolute atomic E-state index is 14.2. The van der Waals surface area contributed by atoms with Gasteiger partial charge in [0.1, 0.15) is 17.0 Å². The van der Waals surface area contributed by atoms with Crippen molar-refractivity contribution >= 4 is 39.8 Å². The lowest BCUT2D eigenvalue weighted by atomic mass is 10.2. The molecule has 0 unspecified atom stereocenters. The van der Waals surface area contributed by atoms with Crippen LogP contribution in [-0.4, -0.2) is 41.0 Å². The standard InChI is InChI=1S/C19H15FN8S/c1-29-19-23-14-15(21)24-16(25-17(14)26-19)13-11-6-4-8-22-18(11)28(27-13)9-10-5-2-3-7-12(10)20/h2-8H,9H2,1H3,(H3,21,23,24,25,26). The van der Waals surface area contributed by atoms with E-state index in [0.29, 0.717) is 44.9 Å². The zero-order valence-electron chi connectivity index (χ0n) is 15.3. The van der Waals surface area contributed by atoms with Crippen molar-refractivity contribution in [2.24, 2.45) is 0 Å². The summed E-state index contributed by atoms with van der Waals surface area (Å²) in [7, 11) is 0. The van der Waals surface area contributed by atoms with Gasteiger partial charge in [-0.25, -0.2) is 29.0 Å². The van der Waals surface area contributed by atoms with E-state index in [4.69, 9.17) is 5.73 Å². The van der Waals surface area contributed by atoms with Gasteiger partial charge in [-0.15, -0.1) is 0 Å². The molecular formula is C19H15FN8S. The molecule has 0 atom stereocenters. The Morgan fingerprint density at radius 2 is 2.00 bits per heavy atom. The zero-order chi connectivity index (χ0) is 20.0. The molecule has 5 rings (SSSR count). The number of H-pyrrole nitrogens is 1. The summed E-state index contributed by atoms with van der Waals surface area (Å²) in [6.45, 7) is 0.233. The van der Waals surface area contributed by atoms with Crippen molar-refractivity contribution in [2.75, 3.05) is 12.0 Å². The first kappa shape index (κ1) is 17.6. The minimum Gasteiger partial charge on any atom is -0.382 e. The summed E-state index contributed by atoms with van der Waals surface area (Å²) in [5.41, 5.74) is 8.83. The molecule has 3 N–H and O–H groups in total. The van der Waals surface area contributed by atoms with Crippen LogP contribution in [0.1, 0.15) is 5.56 Å². The summed E-state index contributed by atoms with van der Waals surface area (Å²) in [6, 6.07) is 10.3. The fraction of sp³-hybridized carbons (Fsp3) is 0.105. The van der Waals surface area contributed by atoms with Crippen LogP contribution < -0.4 is 5.73 Å². The summed E-state index contributed by atoms with van der Waals surface area (Å²) in [5.74, 6) is 0.342. The second kappa shape index (κ2) is 6.82. The number of rotatable bonds is 4. The number of aromatic nitrogens is 7. The average Bonchev–Trinajstić information content (AvgIpc) is 3.32. The van der Waals surface area contributed by atoms with E-state index in [1.54, 1.807) is 29.1 Å². The largest absolute Gasteiger partial charge is 0.382 e. The average molecular weight is 406 g/mol. The number of aromatic amines is 1. The number of imidazole rings is 1. The lowest BCUT2D eigenvalue weighted by Crippen LogP contribution is -2.05. The number of benzene rings is 1. The van der Waals surface area contributed by atoms with Gasteiger partial charge < -0.3 is 10.7 Å². The van der Waals surface area contributed by atoms with Gasteiger partial charge in [-0.2, -0.15) is 5.10 Å². The van der Waals surface area contributed by atoms with Gasteiger partial charge in [0, 0.05) is 11.8 Å². The van der Waals surface area contributed by atoms with E-state index in [-0.39, 0.29) is 12.4 Å². The fourth-order valence-corrected chi connectivity index (χ4v) is 3.55. The van der Waals surface area contributed by atoms with Gasteiger partial charge in [0.2, 0.25) is 0 Å². The summed E-state index contributed by atoms with van der Waals surface area (Å²) in [5, 5.41) is 6.09. The van der Waals surface area contributed by atoms with Crippen LogP contribution in [0.2, 0.25) is 0 Å². The second-order valence-electron chi connectivity index (χ2n) is 6.35. The molecule has 0 aliphatic carbocycles. The Labute approximate surface area is 168 Å². The normalized spacial score (nSPS) is 11.5. The first-order chi connectivity index (χ1) is 14.1. The fourth-order valence-electron chi connectivity index (χ4n) is 3.17. The van der Waals surface area contributed by atoms with Gasteiger partial charge >= 0.3 is 0 Å². The molecule has 8 nitrogen and oxygen atoms in total. The smallest absolute Gasteiger partial charge is 0.185 e. The van der Waals surface area contributed by atoms with Crippen LogP contribution in [0.3, 0.4) is 0 Å². The van der Waals surface area contributed by atoms with Crippen molar-refractivity contribution in [1.82, 2.24) is 34.7 Å². The molecular weight excluding hydrogens is 391 g/mol. The van der Waals surface area contributed by atoms with E-state index < -0.39 is 0 Å². The number of nitrogens with one attached hydrogen (secondary N) is 1. The molecule has 0 aliphatic rings. The number of nitrogen functional groups attached to an aromatic ring is 1. The number of hydrogen-bond donors (Lipinski definition) is 2. The van der Waals surface area contributed by atoms with Gasteiger partial charge in [-0.1, -0.05) is 30.0 Å². The van der Waals surface area contributed by atoms with Crippen molar-refractivity contribution in [3.05, 3.63) is 54.0 Å². The Balaban J connectivity index is 1.68. The molecule has 5 aromatic rings. The zero-order valence-corrected chi connectivity index (χ0v) is 16.1. The molecule has 0 amide bonds. The Morgan fingerprint density at radius 1 is 1.14 bits per heavy atom. The number of anilines is 1. The highest BCUT2D eigenvalue weighted by Gasteiger charge is 2.19. The van der Waals surface area contributed by atoms with Crippen LogP contribution in [0.15, 0.2) is 47.8 Å². The number of nitrogens with two attached hydrogens (primary N) is 1. The molecule has 1 aromatic carbocycles. The van der Waals surface area contributed by atoms with Crippen LogP contribution in [0, 0.1) is 5.82 Å². The lowest BCUT2D eigenvalue weighted by molar-refractivity contribution is 0.589. The van der Waals surface area contributed by atoms with E-state index >= 15 is 0 Å².